The topological polar surface area (TPSA) is 105 Å². The first-order chi connectivity index (χ1) is 16.8. The maximum absolute atomic E-state index is 13.3. The summed E-state index contributed by atoms with van der Waals surface area (Å²) in [4.78, 5) is 38.2. The number of carboxylic acids is 1. The first kappa shape index (κ1) is 24.8. The van der Waals surface area contributed by atoms with E-state index in [1.165, 1.54) is 0 Å². The lowest BCUT2D eigenvalue weighted by Gasteiger charge is -2.35. The molecule has 2 aliphatic rings. The molecule has 3 N–H and O–H groups in total. The van der Waals surface area contributed by atoms with Crippen molar-refractivity contribution in [1.29, 1.82) is 0 Å². The number of fused-ring (bicyclic) bond motifs is 3. The molecule has 2 amide bonds. The Morgan fingerprint density at radius 2 is 1.51 bits per heavy atom. The van der Waals surface area contributed by atoms with E-state index in [1.54, 1.807) is 13.8 Å². The molecule has 186 valence electrons. The van der Waals surface area contributed by atoms with Gasteiger partial charge in [-0.25, -0.2) is 9.59 Å². The number of hydrogen-bond donors (Lipinski definition) is 3. The molecule has 0 radical (unpaired) electrons. The Balaban J connectivity index is 1.44. The summed E-state index contributed by atoms with van der Waals surface area (Å²) in [6, 6.07) is 16.2. The van der Waals surface area contributed by atoms with Crippen LogP contribution >= 0.6 is 0 Å². The Morgan fingerprint density at radius 3 is 2.03 bits per heavy atom. The first-order valence-electron chi connectivity index (χ1n) is 12.5. The summed E-state index contributed by atoms with van der Waals surface area (Å²) in [6.45, 7) is 3.53. The number of hydrogen-bond acceptors (Lipinski definition) is 4. The van der Waals surface area contributed by atoms with Gasteiger partial charge in [0.1, 0.15) is 17.7 Å². The molecule has 2 aliphatic carbocycles. The van der Waals surface area contributed by atoms with Crippen LogP contribution in [0.4, 0.5) is 4.79 Å². The third-order valence-electron chi connectivity index (χ3n) is 7.65. The van der Waals surface area contributed by atoms with Crippen LogP contribution in [0, 0.1) is 0 Å². The fourth-order valence-corrected chi connectivity index (χ4v) is 5.25. The normalized spacial score (nSPS) is 18.3. The number of carbonyl (C=O) groups is 3. The molecule has 1 saturated carbocycles. The zero-order chi connectivity index (χ0) is 25.1. The number of carbonyl (C=O) groups excluding carboxylic acids is 2. The van der Waals surface area contributed by atoms with Gasteiger partial charge in [-0.1, -0.05) is 81.1 Å². The summed E-state index contributed by atoms with van der Waals surface area (Å²) in [6.07, 6.45) is 3.76. The Labute approximate surface area is 206 Å². The summed E-state index contributed by atoms with van der Waals surface area (Å²) >= 11 is 0. The largest absolute Gasteiger partial charge is 0.480 e. The molecule has 0 heterocycles. The van der Waals surface area contributed by atoms with Crippen molar-refractivity contribution >= 4 is 18.0 Å². The molecule has 35 heavy (non-hydrogen) atoms. The van der Waals surface area contributed by atoms with Crippen molar-refractivity contribution in [3.05, 3.63) is 59.7 Å². The standard InChI is InChI=1S/C28H34N2O5/c1-3-27(2,24(31)29-28(25(32)33)16-10-4-5-11-17-28)30-26(34)35-18-23-21-14-8-6-12-19(21)20-13-7-9-15-22(20)23/h6-9,12-15,23H,3-5,10-11,16-18H2,1-2H3,(H,29,31)(H,30,34)(H,32,33). The molecular formula is C28H34N2O5. The van der Waals surface area contributed by atoms with Gasteiger partial charge in [-0.05, 0) is 48.4 Å². The van der Waals surface area contributed by atoms with E-state index < -0.39 is 29.0 Å². The second-order valence-corrected chi connectivity index (χ2v) is 9.89. The summed E-state index contributed by atoms with van der Waals surface area (Å²) in [5.74, 6) is -1.61. The van der Waals surface area contributed by atoms with E-state index in [4.69, 9.17) is 4.74 Å². The molecule has 4 rings (SSSR count). The predicted molar refractivity (Wildman–Crippen MR) is 133 cm³/mol. The molecular weight excluding hydrogens is 444 g/mol. The molecule has 0 aromatic heterocycles. The number of carboxylic acid groups (broad SMARTS) is 1. The fraction of sp³-hybridized carbons (Fsp3) is 0.464. The van der Waals surface area contributed by atoms with Crippen LogP contribution in [0.2, 0.25) is 0 Å². The lowest BCUT2D eigenvalue weighted by Crippen LogP contribution is -2.64. The van der Waals surface area contributed by atoms with E-state index in [2.05, 4.69) is 22.8 Å². The third-order valence-corrected chi connectivity index (χ3v) is 7.65. The van der Waals surface area contributed by atoms with Crippen LogP contribution in [0.25, 0.3) is 11.1 Å². The lowest BCUT2D eigenvalue weighted by molar-refractivity contribution is -0.149. The van der Waals surface area contributed by atoms with E-state index in [0.29, 0.717) is 19.3 Å². The molecule has 0 aliphatic heterocycles. The molecule has 1 fully saturated rings. The van der Waals surface area contributed by atoms with Gasteiger partial charge in [-0.15, -0.1) is 0 Å². The van der Waals surface area contributed by atoms with Gasteiger partial charge in [0.05, 0.1) is 0 Å². The van der Waals surface area contributed by atoms with Gasteiger partial charge < -0.3 is 20.5 Å². The number of amides is 2. The molecule has 0 spiro atoms. The Bertz CT molecular complexity index is 1060. The van der Waals surface area contributed by atoms with Gasteiger partial charge >= 0.3 is 12.1 Å². The van der Waals surface area contributed by atoms with Crippen LogP contribution in [0.3, 0.4) is 0 Å². The highest BCUT2D eigenvalue weighted by Crippen LogP contribution is 2.44. The van der Waals surface area contributed by atoms with Crippen molar-refractivity contribution in [1.82, 2.24) is 10.6 Å². The van der Waals surface area contributed by atoms with Crippen LogP contribution in [-0.2, 0) is 14.3 Å². The average molecular weight is 479 g/mol. The van der Waals surface area contributed by atoms with Gasteiger partial charge in [-0.2, -0.15) is 0 Å². The van der Waals surface area contributed by atoms with Gasteiger partial charge in [0.15, 0.2) is 0 Å². The summed E-state index contributed by atoms with van der Waals surface area (Å²) < 4.78 is 5.62. The minimum Gasteiger partial charge on any atom is -0.480 e. The van der Waals surface area contributed by atoms with Crippen LogP contribution in [0.5, 0.6) is 0 Å². The molecule has 0 bridgehead atoms. The minimum atomic E-state index is -1.30. The predicted octanol–water partition coefficient (Wildman–Crippen LogP) is 4.99. The summed E-state index contributed by atoms with van der Waals surface area (Å²) in [5, 5.41) is 15.4. The Kier molecular flexibility index (Phi) is 7.15. The van der Waals surface area contributed by atoms with Crippen molar-refractivity contribution < 1.29 is 24.2 Å². The highest BCUT2D eigenvalue weighted by atomic mass is 16.5. The van der Waals surface area contributed by atoms with E-state index in [1.807, 2.05) is 36.4 Å². The van der Waals surface area contributed by atoms with Gasteiger partial charge in [0.25, 0.3) is 0 Å². The molecule has 2 aromatic rings. The van der Waals surface area contributed by atoms with Crippen molar-refractivity contribution in [2.24, 2.45) is 0 Å². The van der Waals surface area contributed by atoms with Crippen LogP contribution in [0.1, 0.15) is 75.8 Å². The van der Waals surface area contributed by atoms with E-state index in [9.17, 15) is 19.5 Å². The number of aliphatic carboxylic acids is 1. The van der Waals surface area contributed by atoms with Gasteiger partial charge in [0, 0.05) is 5.92 Å². The SMILES string of the molecule is CCC(C)(NC(=O)OCC1c2ccccc2-c2ccccc21)C(=O)NC1(C(=O)O)CCCCCC1. The Hall–Kier alpha value is -3.35. The molecule has 7 nitrogen and oxygen atoms in total. The van der Waals surface area contributed by atoms with E-state index in [-0.39, 0.29) is 12.5 Å². The zero-order valence-corrected chi connectivity index (χ0v) is 20.4. The second-order valence-electron chi connectivity index (χ2n) is 9.89. The van der Waals surface area contributed by atoms with Crippen LogP contribution in [0.15, 0.2) is 48.5 Å². The van der Waals surface area contributed by atoms with Crippen LogP contribution < -0.4 is 10.6 Å². The fourth-order valence-electron chi connectivity index (χ4n) is 5.25. The minimum absolute atomic E-state index is 0.0869. The summed E-state index contributed by atoms with van der Waals surface area (Å²) in [5.41, 5.74) is 1.89. The number of nitrogens with one attached hydrogen (secondary N) is 2. The highest BCUT2D eigenvalue weighted by molar-refractivity contribution is 5.94. The van der Waals surface area contributed by atoms with Crippen molar-refractivity contribution in [3.63, 3.8) is 0 Å². The number of ether oxygens (including phenoxy) is 1. The number of alkyl carbamates (subject to hydrolysis) is 1. The maximum atomic E-state index is 13.3. The quantitative estimate of drug-likeness (QED) is 0.487. The van der Waals surface area contributed by atoms with Gasteiger partial charge in [-0.3, -0.25) is 4.79 Å². The van der Waals surface area contributed by atoms with E-state index in [0.717, 1.165) is 47.9 Å². The molecule has 0 saturated heterocycles. The lowest BCUT2D eigenvalue weighted by atomic mass is 9.88. The third kappa shape index (κ3) is 4.90. The smallest absolute Gasteiger partial charge is 0.408 e. The second kappa shape index (κ2) is 10.1. The van der Waals surface area contributed by atoms with Gasteiger partial charge in [0.2, 0.25) is 5.91 Å². The monoisotopic (exact) mass is 478 g/mol. The zero-order valence-electron chi connectivity index (χ0n) is 20.4. The molecule has 1 atom stereocenters. The maximum Gasteiger partial charge on any atom is 0.408 e. The van der Waals surface area contributed by atoms with Crippen molar-refractivity contribution in [2.45, 2.75) is 75.8 Å². The Morgan fingerprint density at radius 1 is 0.971 bits per heavy atom. The number of rotatable bonds is 7. The molecule has 7 heteroatoms. The van der Waals surface area contributed by atoms with E-state index >= 15 is 0 Å². The molecule has 2 aromatic carbocycles. The molecule has 1 unspecified atom stereocenters. The first-order valence-corrected chi connectivity index (χ1v) is 12.5. The number of benzene rings is 2. The van der Waals surface area contributed by atoms with Crippen molar-refractivity contribution in [3.8, 4) is 11.1 Å². The average Bonchev–Trinajstić information content (AvgIpc) is 2.98. The van der Waals surface area contributed by atoms with Crippen molar-refractivity contribution in [2.75, 3.05) is 6.61 Å². The summed E-state index contributed by atoms with van der Waals surface area (Å²) in [7, 11) is 0. The highest BCUT2D eigenvalue weighted by Gasteiger charge is 2.44. The van der Waals surface area contributed by atoms with Crippen LogP contribution in [-0.4, -0.2) is 40.8 Å².